The number of hydrogen-bond acceptors (Lipinski definition) is 3. The van der Waals surface area contributed by atoms with Crippen molar-refractivity contribution in [2.45, 2.75) is 13.3 Å². The summed E-state index contributed by atoms with van der Waals surface area (Å²) in [5.74, 6) is 0.600. The Morgan fingerprint density at radius 2 is 2.06 bits per heavy atom. The van der Waals surface area contributed by atoms with Crippen LogP contribution in [0.25, 0.3) is 11.1 Å². The molecule has 0 fully saturated rings. The van der Waals surface area contributed by atoms with Crippen LogP contribution >= 0.6 is 11.6 Å². The van der Waals surface area contributed by atoms with Crippen LogP contribution in [-0.4, -0.2) is 16.6 Å². The molecule has 3 nitrogen and oxygen atoms in total. The first-order chi connectivity index (χ1) is 8.31. The zero-order chi connectivity index (χ0) is 12.1. The molecule has 88 valence electrons. The van der Waals surface area contributed by atoms with E-state index in [9.17, 15) is 0 Å². The van der Waals surface area contributed by atoms with Gasteiger partial charge in [0.1, 0.15) is 0 Å². The van der Waals surface area contributed by atoms with Crippen molar-refractivity contribution in [1.29, 1.82) is 0 Å². The predicted molar refractivity (Wildman–Crippen MR) is 68.3 cm³/mol. The SMILES string of the molecule is CCCOc1cc(-c2ccncc2)c(Cl)cn1. The molecule has 0 spiro atoms. The maximum absolute atomic E-state index is 6.13. The van der Waals surface area contributed by atoms with E-state index in [1.54, 1.807) is 18.6 Å². The van der Waals surface area contributed by atoms with Crippen molar-refractivity contribution in [3.05, 3.63) is 41.8 Å². The van der Waals surface area contributed by atoms with E-state index in [1.807, 2.05) is 18.2 Å². The third-order valence-corrected chi connectivity index (χ3v) is 2.58. The van der Waals surface area contributed by atoms with Gasteiger partial charge in [0.25, 0.3) is 0 Å². The quantitative estimate of drug-likeness (QED) is 0.830. The predicted octanol–water partition coefficient (Wildman–Crippen LogP) is 3.59. The molecule has 17 heavy (non-hydrogen) atoms. The zero-order valence-corrected chi connectivity index (χ0v) is 10.3. The molecule has 0 aliphatic carbocycles. The Morgan fingerprint density at radius 3 is 2.76 bits per heavy atom. The van der Waals surface area contributed by atoms with Gasteiger partial charge in [0.15, 0.2) is 0 Å². The smallest absolute Gasteiger partial charge is 0.213 e. The van der Waals surface area contributed by atoms with Gasteiger partial charge in [0.05, 0.1) is 17.8 Å². The van der Waals surface area contributed by atoms with E-state index in [0.29, 0.717) is 17.5 Å². The van der Waals surface area contributed by atoms with E-state index in [1.165, 1.54) is 0 Å². The summed E-state index contributed by atoms with van der Waals surface area (Å²) in [6.45, 7) is 2.71. The summed E-state index contributed by atoms with van der Waals surface area (Å²) < 4.78 is 5.49. The third-order valence-electron chi connectivity index (χ3n) is 2.28. The van der Waals surface area contributed by atoms with Crippen molar-refractivity contribution in [3.63, 3.8) is 0 Å². The van der Waals surface area contributed by atoms with Crippen LogP contribution in [0.2, 0.25) is 5.02 Å². The average Bonchev–Trinajstić information content (AvgIpc) is 2.39. The van der Waals surface area contributed by atoms with Crippen LogP contribution < -0.4 is 4.74 Å². The number of rotatable bonds is 4. The van der Waals surface area contributed by atoms with Gasteiger partial charge in [-0.3, -0.25) is 4.98 Å². The van der Waals surface area contributed by atoms with Crippen LogP contribution in [0, 0.1) is 0 Å². The first-order valence-corrected chi connectivity index (χ1v) is 5.88. The molecule has 0 aliphatic rings. The maximum Gasteiger partial charge on any atom is 0.213 e. The number of pyridine rings is 2. The Balaban J connectivity index is 2.33. The molecule has 0 bridgehead atoms. The highest BCUT2D eigenvalue weighted by Crippen LogP contribution is 2.29. The van der Waals surface area contributed by atoms with Crippen LogP contribution in [0.5, 0.6) is 5.88 Å². The van der Waals surface area contributed by atoms with Gasteiger partial charge in [-0.25, -0.2) is 4.98 Å². The van der Waals surface area contributed by atoms with E-state index in [4.69, 9.17) is 16.3 Å². The first kappa shape index (κ1) is 11.9. The third kappa shape index (κ3) is 2.94. The van der Waals surface area contributed by atoms with Crippen LogP contribution in [0.3, 0.4) is 0 Å². The fraction of sp³-hybridized carbons (Fsp3) is 0.231. The second-order valence-corrected chi connectivity index (χ2v) is 3.99. The molecule has 2 heterocycles. The summed E-state index contributed by atoms with van der Waals surface area (Å²) in [7, 11) is 0. The molecule has 0 aromatic carbocycles. The molecule has 2 aromatic rings. The van der Waals surface area contributed by atoms with Crippen molar-refractivity contribution in [2.75, 3.05) is 6.61 Å². The van der Waals surface area contributed by atoms with Gasteiger partial charge in [0.2, 0.25) is 5.88 Å². The van der Waals surface area contributed by atoms with E-state index >= 15 is 0 Å². The first-order valence-electron chi connectivity index (χ1n) is 5.50. The lowest BCUT2D eigenvalue weighted by molar-refractivity contribution is 0.305. The maximum atomic E-state index is 6.13. The van der Waals surface area contributed by atoms with Gasteiger partial charge < -0.3 is 4.74 Å². The molecule has 2 rings (SSSR count). The van der Waals surface area contributed by atoms with E-state index in [-0.39, 0.29) is 0 Å². The normalized spacial score (nSPS) is 10.2. The van der Waals surface area contributed by atoms with Crippen molar-refractivity contribution >= 4 is 11.6 Å². The second kappa shape index (κ2) is 5.64. The molecule has 0 radical (unpaired) electrons. The number of aromatic nitrogens is 2. The summed E-state index contributed by atoms with van der Waals surface area (Å²) in [5, 5.41) is 0.611. The molecule has 0 N–H and O–H groups in total. The standard InChI is InChI=1S/C13H13ClN2O/c1-2-7-17-13-8-11(12(14)9-16-13)10-3-5-15-6-4-10/h3-6,8-9H,2,7H2,1H3. The highest BCUT2D eigenvalue weighted by molar-refractivity contribution is 6.33. The minimum Gasteiger partial charge on any atom is -0.478 e. The van der Waals surface area contributed by atoms with Crippen LogP contribution in [-0.2, 0) is 0 Å². The van der Waals surface area contributed by atoms with Gasteiger partial charge >= 0.3 is 0 Å². The van der Waals surface area contributed by atoms with E-state index in [2.05, 4.69) is 16.9 Å². The van der Waals surface area contributed by atoms with Gasteiger partial charge in [-0.05, 0) is 24.1 Å². The molecule has 0 unspecified atom stereocenters. The Hall–Kier alpha value is -1.61. The van der Waals surface area contributed by atoms with E-state index in [0.717, 1.165) is 17.5 Å². The lowest BCUT2D eigenvalue weighted by Crippen LogP contribution is -1.97. The summed E-state index contributed by atoms with van der Waals surface area (Å²) >= 11 is 6.13. The lowest BCUT2D eigenvalue weighted by Gasteiger charge is -2.07. The number of nitrogens with zero attached hydrogens (tertiary/aromatic N) is 2. The highest BCUT2D eigenvalue weighted by Gasteiger charge is 2.06. The fourth-order valence-corrected chi connectivity index (χ4v) is 1.67. The fourth-order valence-electron chi connectivity index (χ4n) is 1.46. The minimum absolute atomic E-state index is 0.600. The van der Waals surface area contributed by atoms with Crippen molar-refractivity contribution in [2.24, 2.45) is 0 Å². The Kier molecular flexibility index (Phi) is 3.94. The van der Waals surface area contributed by atoms with Crippen molar-refractivity contribution in [1.82, 2.24) is 9.97 Å². The number of ether oxygens (including phenoxy) is 1. The Labute approximate surface area is 105 Å². The zero-order valence-electron chi connectivity index (χ0n) is 9.56. The largest absolute Gasteiger partial charge is 0.478 e. The topological polar surface area (TPSA) is 35.0 Å². The molecule has 0 amide bonds. The van der Waals surface area contributed by atoms with Crippen LogP contribution in [0.1, 0.15) is 13.3 Å². The molecular formula is C13H13ClN2O. The highest BCUT2D eigenvalue weighted by atomic mass is 35.5. The molecule has 0 atom stereocenters. The van der Waals surface area contributed by atoms with Gasteiger partial charge in [-0.2, -0.15) is 0 Å². The van der Waals surface area contributed by atoms with Crippen LogP contribution in [0.15, 0.2) is 36.8 Å². The van der Waals surface area contributed by atoms with Crippen molar-refractivity contribution in [3.8, 4) is 17.0 Å². The van der Waals surface area contributed by atoms with Gasteiger partial charge in [0, 0.05) is 24.0 Å². The van der Waals surface area contributed by atoms with Crippen molar-refractivity contribution < 1.29 is 4.74 Å². The lowest BCUT2D eigenvalue weighted by atomic mass is 10.1. The average molecular weight is 249 g/mol. The van der Waals surface area contributed by atoms with E-state index < -0.39 is 0 Å². The summed E-state index contributed by atoms with van der Waals surface area (Å²) in [6.07, 6.45) is 6.04. The number of halogens is 1. The second-order valence-electron chi connectivity index (χ2n) is 3.59. The van der Waals surface area contributed by atoms with Gasteiger partial charge in [-0.15, -0.1) is 0 Å². The van der Waals surface area contributed by atoms with Gasteiger partial charge in [-0.1, -0.05) is 18.5 Å². The Bertz CT molecular complexity index is 488. The molecular weight excluding hydrogens is 236 g/mol. The Morgan fingerprint density at radius 1 is 1.29 bits per heavy atom. The molecule has 0 saturated carbocycles. The summed E-state index contributed by atoms with van der Waals surface area (Å²) in [6, 6.07) is 5.67. The van der Waals surface area contributed by atoms with Crippen LogP contribution in [0.4, 0.5) is 0 Å². The summed E-state index contributed by atoms with van der Waals surface area (Å²) in [5.41, 5.74) is 1.92. The number of hydrogen-bond donors (Lipinski definition) is 0. The molecule has 0 saturated heterocycles. The molecule has 2 aromatic heterocycles. The monoisotopic (exact) mass is 248 g/mol. The minimum atomic E-state index is 0.600. The molecule has 4 heteroatoms. The summed E-state index contributed by atoms with van der Waals surface area (Å²) in [4.78, 5) is 8.11. The molecule has 0 aliphatic heterocycles.